The summed E-state index contributed by atoms with van der Waals surface area (Å²) in [5, 5.41) is 7.25. The number of nitrogens with one attached hydrogen (secondary N) is 1. The van der Waals surface area contributed by atoms with E-state index >= 15 is 0 Å². The molecular formula is C15H26N2S. The Morgan fingerprint density at radius 2 is 2.17 bits per heavy atom. The molecule has 0 bridgehead atoms. The average Bonchev–Trinajstić information content (AvgIpc) is 2.94. The molecule has 1 fully saturated rings. The Morgan fingerprint density at radius 1 is 1.44 bits per heavy atom. The van der Waals surface area contributed by atoms with Gasteiger partial charge in [0.2, 0.25) is 0 Å². The first-order valence-electron chi connectivity index (χ1n) is 7.28. The maximum absolute atomic E-state index is 4.64. The molecule has 0 radical (unpaired) electrons. The summed E-state index contributed by atoms with van der Waals surface area (Å²) in [6, 6.07) is 0.602. The van der Waals surface area contributed by atoms with E-state index in [2.05, 4.69) is 36.5 Å². The lowest BCUT2D eigenvalue weighted by Gasteiger charge is -2.34. The van der Waals surface area contributed by atoms with Gasteiger partial charge in [-0.2, -0.15) is 0 Å². The summed E-state index contributed by atoms with van der Waals surface area (Å²) in [6.07, 6.45) is 7.87. The molecule has 1 N–H and O–H groups in total. The summed E-state index contributed by atoms with van der Waals surface area (Å²) >= 11 is 1.82. The molecule has 0 aliphatic heterocycles. The molecule has 1 heterocycles. The number of rotatable bonds is 6. The quantitative estimate of drug-likeness (QED) is 0.843. The molecule has 1 aliphatic rings. The van der Waals surface area contributed by atoms with Crippen LogP contribution in [0.2, 0.25) is 0 Å². The Balaban J connectivity index is 2.04. The van der Waals surface area contributed by atoms with Crippen molar-refractivity contribution in [3.63, 3.8) is 0 Å². The molecular weight excluding hydrogens is 240 g/mol. The van der Waals surface area contributed by atoms with Crippen molar-refractivity contribution in [1.82, 2.24) is 10.3 Å². The van der Waals surface area contributed by atoms with Crippen molar-refractivity contribution < 1.29 is 0 Å². The van der Waals surface area contributed by atoms with Crippen molar-refractivity contribution in [3.8, 4) is 0 Å². The first-order chi connectivity index (χ1) is 8.64. The van der Waals surface area contributed by atoms with Gasteiger partial charge in [-0.3, -0.25) is 0 Å². The van der Waals surface area contributed by atoms with Crippen molar-refractivity contribution in [1.29, 1.82) is 0 Å². The maximum atomic E-state index is 4.64. The van der Waals surface area contributed by atoms with Crippen LogP contribution in [0.1, 0.15) is 56.7 Å². The van der Waals surface area contributed by atoms with Gasteiger partial charge in [0.15, 0.2) is 0 Å². The Hall–Kier alpha value is -0.410. The molecule has 1 aromatic heterocycles. The Labute approximate surface area is 115 Å². The Morgan fingerprint density at radius 3 is 2.72 bits per heavy atom. The number of hydrogen-bond acceptors (Lipinski definition) is 3. The predicted molar refractivity (Wildman–Crippen MR) is 79.2 cm³/mol. The largest absolute Gasteiger partial charge is 0.313 e. The molecule has 2 rings (SSSR count). The molecule has 0 saturated heterocycles. The highest BCUT2D eigenvalue weighted by molar-refractivity contribution is 7.09. The summed E-state index contributed by atoms with van der Waals surface area (Å²) in [5.74, 6) is 0. The Kier molecular flexibility index (Phi) is 4.79. The zero-order valence-electron chi connectivity index (χ0n) is 12.0. The molecule has 18 heavy (non-hydrogen) atoms. The lowest BCUT2D eigenvalue weighted by atomic mass is 9.79. The van der Waals surface area contributed by atoms with Crippen LogP contribution in [0.15, 0.2) is 5.38 Å². The third-order valence-corrected chi connectivity index (χ3v) is 5.26. The van der Waals surface area contributed by atoms with E-state index in [1.807, 2.05) is 11.3 Å². The number of thiazole rings is 1. The fourth-order valence-corrected chi connectivity index (χ4v) is 3.90. The van der Waals surface area contributed by atoms with Crippen LogP contribution in [0.4, 0.5) is 0 Å². The van der Waals surface area contributed by atoms with Crippen LogP contribution in [-0.2, 0) is 6.42 Å². The van der Waals surface area contributed by atoms with Crippen LogP contribution in [0.25, 0.3) is 0 Å². The van der Waals surface area contributed by atoms with Gasteiger partial charge in [0, 0.05) is 23.5 Å². The standard InChI is InChI=1S/C15H26N2S/c1-4-9-16-13(15(3)7-5-6-8-15)10-14-17-12(2)11-18-14/h11,13,16H,4-10H2,1-3H3. The van der Waals surface area contributed by atoms with Crippen molar-refractivity contribution >= 4 is 11.3 Å². The van der Waals surface area contributed by atoms with Gasteiger partial charge >= 0.3 is 0 Å². The first kappa shape index (κ1) is 14.0. The summed E-state index contributed by atoms with van der Waals surface area (Å²) in [4.78, 5) is 4.64. The van der Waals surface area contributed by atoms with Crippen molar-refractivity contribution in [2.45, 2.75) is 65.3 Å². The molecule has 0 amide bonds. The zero-order chi connectivity index (χ0) is 13.0. The number of aryl methyl sites for hydroxylation is 1. The van der Waals surface area contributed by atoms with Crippen molar-refractivity contribution in [2.24, 2.45) is 5.41 Å². The fraction of sp³-hybridized carbons (Fsp3) is 0.800. The van der Waals surface area contributed by atoms with Gasteiger partial charge in [-0.15, -0.1) is 11.3 Å². The van der Waals surface area contributed by atoms with Crippen LogP contribution >= 0.6 is 11.3 Å². The topological polar surface area (TPSA) is 24.9 Å². The lowest BCUT2D eigenvalue weighted by Crippen LogP contribution is -2.44. The summed E-state index contributed by atoms with van der Waals surface area (Å²) in [5.41, 5.74) is 1.65. The van der Waals surface area contributed by atoms with Crippen LogP contribution in [0.3, 0.4) is 0 Å². The molecule has 102 valence electrons. The molecule has 0 spiro atoms. The fourth-order valence-electron chi connectivity index (χ4n) is 3.09. The minimum Gasteiger partial charge on any atom is -0.313 e. The van der Waals surface area contributed by atoms with Crippen LogP contribution in [0.5, 0.6) is 0 Å². The molecule has 2 nitrogen and oxygen atoms in total. The van der Waals surface area contributed by atoms with Gasteiger partial charge in [0.25, 0.3) is 0 Å². The van der Waals surface area contributed by atoms with Gasteiger partial charge in [0.1, 0.15) is 0 Å². The first-order valence-corrected chi connectivity index (χ1v) is 8.16. The van der Waals surface area contributed by atoms with E-state index in [9.17, 15) is 0 Å². The number of nitrogens with zero attached hydrogens (tertiary/aromatic N) is 1. The summed E-state index contributed by atoms with van der Waals surface area (Å²) in [6.45, 7) is 7.93. The SMILES string of the molecule is CCCNC(Cc1nc(C)cs1)C1(C)CCCC1. The van der Waals surface area contributed by atoms with E-state index in [0.29, 0.717) is 11.5 Å². The van der Waals surface area contributed by atoms with E-state index in [0.717, 1.165) is 13.0 Å². The van der Waals surface area contributed by atoms with Crippen LogP contribution in [-0.4, -0.2) is 17.6 Å². The second kappa shape index (κ2) is 6.16. The van der Waals surface area contributed by atoms with Crippen molar-refractivity contribution in [3.05, 3.63) is 16.1 Å². The van der Waals surface area contributed by atoms with Gasteiger partial charge in [-0.05, 0) is 38.1 Å². The molecule has 1 saturated carbocycles. The molecule has 1 unspecified atom stereocenters. The maximum Gasteiger partial charge on any atom is 0.0943 e. The third kappa shape index (κ3) is 3.33. The Bertz CT molecular complexity index is 366. The second-order valence-corrected chi connectivity index (χ2v) is 6.90. The molecule has 1 atom stereocenters. The van der Waals surface area contributed by atoms with E-state index in [1.165, 1.54) is 42.8 Å². The van der Waals surface area contributed by atoms with Crippen LogP contribution < -0.4 is 5.32 Å². The zero-order valence-corrected chi connectivity index (χ0v) is 12.8. The molecule has 3 heteroatoms. The minimum atomic E-state index is 0.481. The summed E-state index contributed by atoms with van der Waals surface area (Å²) in [7, 11) is 0. The summed E-state index contributed by atoms with van der Waals surface area (Å²) < 4.78 is 0. The highest BCUT2D eigenvalue weighted by atomic mass is 32.1. The van der Waals surface area contributed by atoms with E-state index in [-0.39, 0.29) is 0 Å². The minimum absolute atomic E-state index is 0.481. The smallest absolute Gasteiger partial charge is 0.0943 e. The van der Waals surface area contributed by atoms with E-state index in [1.54, 1.807) is 0 Å². The van der Waals surface area contributed by atoms with Gasteiger partial charge in [-0.1, -0.05) is 26.7 Å². The molecule has 0 aromatic carbocycles. The highest BCUT2D eigenvalue weighted by Gasteiger charge is 2.36. The average molecular weight is 266 g/mol. The number of hydrogen-bond donors (Lipinski definition) is 1. The molecule has 1 aliphatic carbocycles. The lowest BCUT2D eigenvalue weighted by molar-refractivity contribution is 0.219. The van der Waals surface area contributed by atoms with E-state index in [4.69, 9.17) is 0 Å². The normalized spacial score (nSPS) is 20.2. The van der Waals surface area contributed by atoms with Gasteiger partial charge in [0.05, 0.1) is 5.01 Å². The van der Waals surface area contributed by atoms with Crippen molar-refractivity contribution in [2.75, 3.05) is 6.54 Å². The van der Waals surface area contributed by atoms with Crippen LogP contribution in [0, 0.1) is 12.3 Å². The third-order valence-electron chi connectivity index (χ3n) is 4.27. The monoisotopic (exact) mass is 266 g/mol. The predicted octanol–water partition coefficient (Wildman–Crippen LogP) is 3.94. The van der Waals surface area contributed by atoms with Gasteiger partial charge in [-0.25, -0.2) is 4.98 Å². The van der Waals surface area contributed by atoms with Gasteiger partial charge < -0.3 is 5.32 Å². The number of aromatic nitrogens is 1. The molecule has 1 aromatic rings. The second-order valence-electron chi connectivity index (χ2n) is 5.95. The van der Waals surface area contributed by atoms with E-state index < -0.39 is 0 Å². The highest BCUT2D eigenvalue weighted by Crippen LogP contribution is 2.41.